The molecule has 3 rings (SSSR count). The third kappa shape index (κ3) is 6.11. The van der Waals surface area contributed by atoms with Crippen LogP contribution in [0.15, 0.2) is 58.6 Å². The van der Waals surface area contributed by atoms with E-state index in [4.69, 9.17) is 9.57 Å². The average Bonchev–Trinajstić information content (AvgIpc) is 3.23. The van der Waals surface area contributed by atoms with E-state index in [-0.39, 0.29) is 35.4 Å². The van der Waals surface area contributed by atoms with Gasteiger partial charge < -0.3 is 4.74 Å². The molecule has 0 saturated heterocycles. The number of halogens is 2. The number of hydrogen-bond donors (Lipinski definition) is 1. The Morgan fingerprint density at radius 2 is 1.91 bits per heavy atom. The minimum Gasteiger partial charge on any atom is -0.372 e. The van der Waals surface area contributed by atoms with Gasteiger partial charge in [-0.3, -0.25) is 19.9 Å². The number of benzene rings is 2. The highest BCUT2D eigenvalue weighted by Gasteiger charge is 2.49. The molecule has 0 bridgehead atoms. The summed E-state index contributed by atoms with van der Waals surface area (Å²) in [4.78, 5) is 32.6. The third-order valence-corrected chi connectivity index (χ3v) is 6.63. The maximum absolute atomic E-state index is 14.7. The number of methoxy groups -OCH3 is 1. The fourth-order valence-corrected chi connectivity index (χ4v) is 4.82. The Morgan fingerprint density at radius 3 is 2.57 bits per heavy atom. The van der Waals surface area contributed by atoms with E-state index in [1.165, 1.54) is 19.0 Å². The van der Waals surface area contributed by atoms with Crippen LogP contribution in [0, 0.1) is 11.6 Å². The van der Waals surface area contributed by atoms with Crippen molar-refractivity contribution in [2.24, 2.45) is 10.1 Å². The van der Waals surface area contributed by atoms with Crippen molar-refractivity contribution in [3.8, 4) is 0 Å². The Kier molecular flexibility index (Phi) is 8.71. The number of carbonyl (C=O) groups is 2. The van der Waals surface area contributed by atoms with Crippen molar-refractivity contribution in [1.29, 1.82) is 0 Å². The van der Waals surface area contributed by atoms with Gasteiger partial charge in [-0.2, -0.15) is 10.1 Å². The fourth-order valence-electron chi connectivity index (χ4n) is 3.45. The predicted molar refractivity (Wildman–Crippen MR) is 129 cm³/mol. The van der Waals surface area contributed by atoms with Gasteiger partial charge in [-0.1, -0.05) is 42.1 Å². The molecule has 0 aliphatic carbocycles. The number of hydrazone groups is 1. The quantitative estimate of drug-likeness (QED) is 0.253. The van der Waals surface area contributed by atoms with E-state index in [2.05, 4.69) is 15.6 Å². The van der Waals surface area contributed by atoms with Crippen molar-refractivity contribution in [3.05, 3.63) is 71.3 Å². The molecule has 0 saturated carbocycles. The van der Waals surface area contributed by atoms with Crippen LogP contribution in [0.25, 0.3) is 0 Å². The number of aliphatic imine (C=N–C) groups is 1. The lowest BCUT2D eigenvalue weighted by molar-refractivity contribution is -0.145. The number of carbonyl (C=O) groups excluding carboxylic acids is 2. The van der Waals surface area contributed by atoms with Crippen molar-refractivity contribution in [1.82, 2.24) is 10.5 Å². The lowest BCUT2D eigenvalue weighted by Crippen LogP contribution is -2.46. The molecule has 2 aromatic rings. The lowest BCUT2D eigenvalue weighted by Gasteiger charge is -2.36. The number of nitrogens with one attached hydrogen (secondary N) is 1. The van der Waals surface area contributed by atoms with Crippen LogP contribution in [-0.2, 0) is 24.0 Å². The molecule has 1 aliphatic heterocycles. The van der Waals surface area contributed by atoms with E-state index in [1.807, 2.05) is 30.3 Å². The topological polar surface area (TPSA) is 92.6 Å². The number of hydroxylamine groups is 1. The number of ether oxygens (including phenoxy) is 1. The van der Waals surface area contributed by atoms with E-state index < -0.39 is 28.5 Å². The highest BCUT2D eigenvalue weighted by molar-refractivity contribution is 8.15. The third-order valence-electron chi connectivity index (χ3n) is 5.18. The zero-order valence-corrected chi connectivity index (χ0v) is 20.6. The van der Waals surface area contributed by atoms with E-state index >= 15 is 0 Å². The molecule has 35 heavy (non-hydrogen) atoms. The molecule has 0 spiro atoms. The minimum absolute atomic E-state index is 0.0563. The van der Waals surface area contributed by atoms with Crippen LogP contribution < -0.4 is 5.48 Å². The second-order valence-corrected chi connectivity index (χ2v) is 8.99. The van der Waals surface area contributed by atoms with Gasteiger partial charge in [0, 0.05) is 26.0 Å². The van der Waals surface area contributed by atoms with Crippen LogP contribution in [0.5, 0.6) is 0 Å². The molecule has 1 aliphatic rings. The van der Waals surface area contributed by atoms with Crippen LogP contribution >= 0.6 is 11.8 Å². The molecule has 0 radical (unpaired) electrons. The zero-order chi connectivity index (χ0) is 25.6. The van der Waals surface area contributed by atoms with Crippen LogP contribution in [-0.4, -0.2) is 47.5 Å². The molecule has 0 aromatic heterocycles. The van der Waals surface area contributed by atoms with Gasteiger partial charge in [0.1, 0.15) is 33.5 Å². The molecule has 1 N–H and O–H groups in total. The Hall–Kier alpha value is -3.15. The summed E-state index contributed by atoms with van der Waals surface area (Å²) in [7, 11) is 1.40. The second-order valence-electron chi connectivity index (χ2n) is 7.73. The maximum Gasteiger partial charge on any atom is 0.273 e. The molecule has 8 nitrogen and oxygen atoms in total. The van der Waals surface area contributed by atoms with Crippen molar-refractivity contribution < 1.29 is 27.9 Å². The Labute approximate surface area is 206 Å². The summed E-state index contributed by atoms with van der Waals surface area (Å²) in [6.07, 6.45) is -0.642. The van der Waals surface area contributed by atoms with Crippen LogP contribution in [0.1, 0.15) is 38.3 Å². The predicted octanol–water partition coefficient (Wildman–Crippen LogP) is 3.97. The van der Waals surface area contributed by atoms with Crippen molar-refractivity contribution in [2.75, 3.05) is 13.7 Å². The first-order valence-electron chi connectivity index (χ1n) is 10.8. The van der Waals surface area contributed by atoms with Gasteiger partial charge in [0.05, 0.1) is 6.61 Å². The molecule has 2 unspecified atom stereocenters. The molecule has 11 heteroatoms. The summed E-state index contributed by atoms with van der Waals surface area (Å²) < 4.78 is 33.9. The highest BCUT2D eigenvalue weighted by atomic mass is 32.2. The Bertz CT molecular complexity index is 1150. The molecule has 1 heterocycles. The van der Waals surface area contributed by atoms with Gasteiger partial charge in [-0.25, -0.2) is 13.8 Å². The van der Waals surface area contributed by atoms with Crippen molar-refractivity contribution in [3.63, 3.8) is 0 Å². The Balaban J connectivity index is 2.01. The fraction of sp³-hybridized carbons (Fsp3) is 0.333. The van der Waals surface area contributed by atoms with E-state index in [1.54, 1.807) is 13.8 Å². The zero-order valence-electron chi connectivity index (χ0n) is 19.7. The lowest BCUT2D eigenvalue weighted by atomic mass is 10.0. The first-order valence-corrected chi connectivity index (χ1v) is 11.6. The van der Waals surface area contributed by atoms with Gasteiger partial charge in [-0.05, 0) is 37.6 Å². The summed E-state index contributed by atoms with van der Waals surface area (Å²) in [6, 6.07) is 12.2. The molecule has 0 fully saturated rings. The van der Waals surface area contributed by atoms with Crippen molar-refractivity contribution >= 4 is 34.5 Å². The minimum atomic E-state index is -1.15. The van der Waals surface area contributed by atoms with Crippen LogP contribution in [0.3, 0.4) is 0 Å². The number of amides is 2. The van der Waals surface area contributed by atoms with E-state index in [0.29, 0.717) is 5.56 Å². The smallest absolute Gasteiger partial charge is 0.273 e. The average molecular weight is 505 g/mol. The second kappa shape index (κ2) is 11.5. The number of hydrogen-bond acceptors (Lipinski definition) is 6. The van der Waals surface area contributed by atoms with Crippen molar-refractivity contribution in [2.45, 2.75) is 38.2 Å². The van der Waals surface area contributed by atoms with E-state index in [0.717, 1.165) is 30.0 Å². The number of rotatable bonds is 8. The van der Waals surface area contributed by atoms with Gasteiger partial charge in [0.25, 0.3) is 5.91 Å². The molecule has 186 valence electrons. The summed E-state index contributed by atoms with van der Waals surface area (Å²) in [5.74, 6) is -1.87. The SMILES string of the molecule is COC(C)C(=O)N1N=C(c2cc(F)ccc2F)SC1(CCONC(C)=NC(C)=O)c1ccccc1. The first-order chi connectivity index (χ1) is 16.7. The maximum atomic E-state index is 14.7. The van der Waals surface area contributed by atoms with E-state index in [9.17, 15) is 18.4 Å². The summed E-state index contributed by atoms with van der Waals surface area (Å²) in [6.45, 7) is 4.53. The largest absolute Gasteiger partial charge is 0.372 e. The number of nitrogens with zero attached hydrogens (tertiary/aromatic N) is 3. The molecular weight excluding hydrogens is 478 g/mol. The number of thioether (sulfide) groups is 1. The summed E-state index contributed by atoms with van der Waals surface area (Å²) >= 11 is 1.12. The van der Waals surface area contributed by atoms with Gasteiger partial charge in [0.15, 0.2) is 0 Å². The van der Waals surface area contributed by atoms with Gasteiger partial charge >= 0.3 is 0 Å². The monoisotopic (exact) mass is 504 g/mol. The summed E-state index contributed by atoms with van der Waals surface area (Å²) in [5.41, 5.74) is 3.24. The van der Waals surface area contributed by atoms with Gasteiger partial charge in [-0.15, -0.1) is 0 Å². The van der Waals surface area contributed by atoms with Gasteiger partial charge in [0.2, 0.25) is 5.91 Å². The molecular formula is C24H26F2N4O4S. The van der Waals surface area contributed by atoms with Crippen LogP contribution in [0.4, 0.5) is 8.78 Å². The molecule has 2 amide bonds. The molecule has 2 aromatic carbocycles. The Morgan fingerprint density at radius 1 is 1.20 bits per heavy atom. The van der Waals surface area contributed by atoms with Crippen LogP contribution in [0.2, 0.25) is 0 Å². The standard InChI is InChI=1S/C24H26F2N4O4S/c1-15(33-4)23(32)30-24(18-8-6-5-7-9-18,12-13-34-29-16(2)27-17(3)31)35-22(28-30)20-14-19(25)10-11-21(20)26/h5-11,14-15H,12-13H2,1-4H3,(H,27,29,31). The first kappa shape index (κ1) is 26.5. The molecule has 2 atom stereocenters. The number of amidine groups is 1. The highest BCUT2D eigenvalue weighted by Crippen LogP contribution is 2.50. The normalized spacial score (nSPS) is 18.9. The summed E-state index contributed by atoms with van der Waals surface area (Å²) in [5, 5.41) is 5.84.